The molecular weight excluding hydrogens is 284 g/mol. The zero-order valence-corrected chi connectivity index (χ0v) is 16.1. The third-order valence-corrected chi connectivity index (χ3v) is 5.00. The zero-order valence-electron chi connectivity index (χ0n) is 16.1. The van der Waals surface area contributed by atoms with E-state index < -0.39 is 0 Å². The average molecular weight is 314 g/mol. The van der Waals surface area contributed by atoms with E-state index in [2.05, 4.69) is 33.8 Å². The monoisotopic (exact) mass is 314 g/mol. The molecule has 1 aromatic carbocycles. The number of allylic oxidation sites excluding steroid dienone is 2. The fraction of sp³-hybridized carbons (Fsp3) is 0.571. The highest BCUT2D eigenvalue weighted by Crippen LogP contribution is 2.51. The molecule has 1 aliphatic rings. The Labute approximate surface area is 140 Å². The van der Waals surface area contributed by atoms with Gasteiger partial charge in [-0.25, -0.2) is 0 Å². The lowest BCUT2D eigenvalue weighted by atomic mass is 9.82. The lowest BCUT2D eigenvalue weighted by Gasteiger charge is -2.23. The number of fused-ring (bicyclic) bond motifs is 1. The van der Waals surface area contributed by atoms with Crippen LogP contribution in [0, 0.1) is 19.3 Å². The number of aryl methyl sites for hydroxylation is 1. The highest BCUT2D eigenvalue weighted by atomic mass is 16.5. The lowest BCUT2D eigenvalue weighted by Crippen LogP contribution is -2.21. The van der Waals surface area contributed by atoms with Crippen molar-refractivity contribution in [3.63, 3.8) is 0 Å². The Balaban J connectivity index is 2.76. The molecule has 126 valence electrons. The van der Waals surface area contributed by atoms with Gasteiger partial charge in [0, 0.05) is 5.41 Å². The average Bonchev–Trinajstić information content (AvgIpc) is 2.68. The Kier molecular flexibility index (Phi) is 4.26. The van der Waals surface area contributed by atoms with Gasteiger partial charge in [0.1, 0.15) is 5.75 Å². The van der Waals surface area contributed by atoms with Crippen molar-refractivity contribution in [2.24, 2.45) is 5.41 Å². The van der Waals surface area contributed by atoms with Gasteiger partial charge in [-0.3, -0.25) is 4.79 Å². The molecule has 0 unspecified atom stereocenters. The molecule has 0 saturated carbocycles. The van der Waals surface area contributed by atoms with Gasteiger partial charge in [-0.1, -0.05) is 34.6 Å². The Morgan fingerprint density at radius 3 is 2.26 bits per heavy atom. The predicted molar refractivity (Wildman–Crippen MR) is 97.2 cm³/mol. The maximum absolute atomic E-state index is 12.8. The van der Waals surface area contributed by atoms with Crippen molar-refractivity contribution in [3.05, 3.63) is 33.9 Å². The van der Waals surface area contributed by atoms with Gasteiger partial charge < -0.3 is 4.74 Å². The van der Waals surface area contributed by atoms with Crippen molar-refractivity contribution >= 4 is 11.4 Å². The molecule has 0 amide bonds. The van der Waals surface area contributed by atoms with E-state index in [4.69, 9.17) is 4.74 Å². The Morgan fingerprint density at radius 2 is 1.78 bits per heavy atom. The van der Waals surface area contributed by atoms with E-state index in [9.17, 15) is 4.79 Å². The van der Waals surface area contributed by atoms with E-state index in [1.807, 2.05) is 27.7 Å². The normalized spacial score (nSPS) is 18.7. The van der Waals surface area contributed by atoms with Gasteiger partial charge in [-0.15, -0.1) is 0 Å². The first kappa shape index (κ1) is 17.8. The van der Waals surface area contributed by atoms with Crippen molar-refractivity contribution < 1.29 is 9.53 Å². The molecule has 0 saturated heterocycles. The van der Waals surface area contributed by atoms with Gasteiger partial charge in [0.05, 0.1) is 7.11 Å². The number of carbonyl (C=O) groups is 1. The molecule has 0 fully saturated rings. The summed E-state index contributed by atoms with van der Waals surface area (Å²) in [5, 5.41) is 0. The van der Waals surface area contributed by atoms with Crippen LogP contribution in [0.5, 0.6) is 5.75 Å². The second-order valence-corrected chi connectivity index (χ2v) is 8.52. The van der Waals surface area contributed by atoms with Crippen molar-refractivity contribution in [1.29, 1.82) is 0 Å². The van der Waals surface area contributed by atoms with E-state index in [0.717, 1.165) is 23.3 Å². The number of rotatable bonds is 2. The number of ketones is 1. The first-order valence-corrected chi connectivity index (χ1v) is 8.35. The summed E-state index contributed by atoms with van der Waals surface area (Å²) in [6, 6.07) is 2.20. The van der Waals surface area contributed by atoms with E-state index in [0.29, 0.717) is 0 Å². The molecule has 0 aromatic heterocycles. The fourth-order valence-electron chi connectivity index (χ4n) is 4.05. The summed E-state index contributed by atoms with van der Waals surface area (Å²) in [5.41, 5.74) is 6.70. The standard InChI is InChI=1S/C21H30O2/c1-12-10-15-16(13(2)19(22)20(4,5)6)11-21(7,8)17(15)14(3)18(12)23-9/h10H,11H2,1-9H3. The topological polar surface area (TPSA) is 26.3 Å². The quantitative estimate of drug-likeness (QED) is 0.685. The fourth-order valence-corrected chi connectivity index (χ4v) is 4.05. The van der Waals surface area contributed by atoms with Gasteiger partial charge in [0.2, 0.25) is 0 Å². The summed E-state index contributed by atoms with van der Waals surface area (Å²) < 4.78 is 5.61. The Bertz CT molecular complexity index is 698. The molecule has 1 aliphatic carbocycles. The van der Waals surface area contributed by atoms with Gasteiger partial charge in [-0.05, 0) is 72.1 Å². The number of ether oxygens (including phenoxy) is 1. The van der Waals surface area contributed by atoms with Crippen molar-refractivity contribution in [1.82, 2.24) is 0 Å². The maximum Gasteiger partial charge on any atom is 0.164 e. The predicted octanol–water partition coefficient (Wildman–Crippen LogP) is 5.38. The van der Waals surface area contributed by atoms with Crippen LogP contribution in [0.25, 0.3) is 5.57 Å². The lowest BCUT2D eigenvalue weighted by molar-refractivity contribution is -0.122. The smallest absolute Gasteiger partial charge is 0.164 e. The largest absolute Gasteiger partial charge is 0.496 e. The minimum atomic E-state index is -0.347. The highest BCUT2D eigenvalue weighted by molar-refractivity contribution is 6.06. The van der Waals surface area contributed by atoms with Crippen molar-refractivity contribution in [2.75, 3.05) is 7.11 Å². The van der Waals surface area contributed by atoms with E-state index >= 15 is 0 Å². The number of hydrogen-bond donors (Lipinski definition) is 0. The van der Waals surface area contributed by atoms with Gasteiger partial charge >= 0.3 is 0 Å². The number of benzene rings is 1. The van der Waals surface area contributed by atoms with Crippen molar-refractivity contribution in [2.45, 2.75) is 67.2 Å². The first-order valence-electron chi connectivity index (χ1n) is 8.35. The molecule has 1 aromatic rings. The van der Waals surface area contributed by atoms with E-state index in [-0.39, 0.29) is 16.6 Å². The maximum atomic E-state index is 12.8. The molecule has 0 bridgehead atoms. The molecule has 2 nitrogen and oxygen atoms in total. The second-order valence-electron chi connectivity index (χ2n) is 8.52. The Morgan fingerprint density at radius 1 is 1.22 bits per heavy atom. The summed E-state index contributed by atoms with van der Waals surface area (Å²) >= 11 is 0. The highest BCUT2D eigenvalue weighted by Gasteiger charge is 2.38. The minimum absolute atomic E-state index is 0.0230. The summed E-state index contributed by atoms with van der Waals surface area (Å²) in [4.78, 5) is 12.8. The SMILES string of the molecule is COc1c(C)cc2c(c1C)C(C)(C)CC2=C(C)C(=O)C(C)(C)C. The van der Waals surface area contributed by atoms with Crippen molar-refractivity contribution in [3.8, 4) is 5.75 Å². The van der Waals surface area contributed by atoms with Crippen LogP contribution in [-0.2, 0) is 10.2 Å². The molecular formula is C21H30O2. The van der Waals surface area contributed by atoms with Crippen LogP contribution in [0.4, 0.5) is 0 Å². The summed E-state index contributed by atoms with van der Waals surface area (Å²) in [6.07, 6.45) is 0.906. The van der Waals surface area contributed by atoms with Gasteiger partial charge in [-0.2, -0.15) is 0 Å². The molecule has 0 atom stereocenters. The van der Waals surface area contributed by atoms with Crippen LogP contribution in [0.3, 0.4) is 0 Å². The van der Waals surface area contributed by atoms with Crippen LogP contribution in [0.2, 0.25) is 0 Å². The summed E-state index contributed by atoms with van der Waals surface area (Å²) in [7, 11) is 1.73. The molecule has 23 heavy (non-hydrogen) atoms. The molecule has 0 heterocycles. The number of Topliss-reactive ketones (excluding diaryl/α,β-unsaturated/α-hetero) is 1. The van der Waals surface area contributed by atoms with Crippen LogP contribution >= 0.6 is 0 Å². The number of carbonyl (C=O) groups excluding carboxylic acids is 1. The van der Waals surface area contributed by atoms with Gasteiger partial charge in [0.15, 0.2) is 5.78 Å². The van der Waals surface area contributed by atoms with Gasteiger partial charge in [0.25, 0.3) is 0 Å². The zero-order chi connectivity index (χ0) is 17.7. The molecule has 0 aliphatic heterocycles. The molecule has 0 N–H and O–H groups in total. The third-order valence-electron chi connectivity index (χ3n) is 5.00. The van der Waals surface area contributed by atoms with E-state index in [1.54, 1.807) is 7.11 Å². The summed E-state index contributed by atoms with van der Waals surface area (Å²) in [5.74, 6) is 1.21. The van der Waals surface area contributed by atoms with E-state index in [1.165, 1.54) is 22.3 Å². The third kappa shape index (κ3) is 2.84. The number of methoxy groups -OCH3 is 1. The second kappa shape index (κ2) is 5.51. The summed E-state index contributed by atoms with van der Waals surface area (Å²) in [6.45, 7) is 16.7. The van der Waals surface area contributed by atoms with Crippen LogP contribution in [0.1, 0.15) is 70.2 Å². The Hall–Kier alpha value is -1.57. The van der Waals surface area contributed by atoms with Crippen LogP contribution in [-0.4, -0.2) is 12.9 Å². The number of hydrogen-bond acceptors (Lipinski definition) is 2. The molecule has 2 heteroatoms. The first-order chi connectivity index (χ1) is 10.4. The molecule has 2 rings (SSSR count). The minimum Gasteiger partial charge on any atom is -0.496 e. The van der Waals surface area contributed by atoms with Crippen LogP contribution in [0.15, 0.2) is 11.6 Å². The molecule has 0 spiro atoms. The molecule has 0 radical (unpaired) electrons. The van der Waals surface area contributed by atoms with Crippen LogP contribution < -0.4 is 4.74 Å².